The molecular formula is C67H65N5O15. The molecule has 4 saturated heterocycles. The molecule has 10 rings (SSSR count). The van der Waals surface area contributed by atoms with Crippen LogP contribution in [0.5, 0.6) is 5.75 Å². The summed E-state index contributed by atoms with van der Waals surface area (Å²) in [5.41, 5.74) is 5.67. The van der Waals surface area contributed by atoms with E-state index in [0.29, 0.717) is 31.2 Å². The van der Waals surface area contributed by atoms with E-state index in [0.717, 1.165) is 38.5 Å². The molecule has 0 N–H and O–H groups in total. The van der Waals surface area contributed by atoms with Crippen molar-refractivity contribution in [2.75, 3.05) is 33.5 Å². The molecule has 0 aromatic heterocycles. The van der Waals surface area contributed by atoms with Crippen LogP contribution in [-0.4, -0.2) is 130 Å². The Morgan fingerprint density at radius 1 is 0.437 bits per heavy atom. The topological polar surface area (TPSA) is 239 Å². The van der Waals surface area contributed by atoms with Gasteiger partial charge in [0.05, 0.1) is 36.2 Å². The molecule has 448 valence electrons. The van der Waals surface area contributed by atoms with Gasteiger partial charge in [0, 0.05) is 24.3 Å². The van der Waals surface area contributed by atoms with Gasteiger partial charge in [-0.25, -0.2) is 38.8 Å². The molecule has 20 heteroatoms. The summed E-state index contributed by atoms with van der Waals surface area (Å²) < 4.78 is 25.1. The van der Waals surface area contributed by atoms with Gasteiger partial charge in [-0.2, -0.15) is 0 Å². The Balaban J connectivity index is 0.000000168. The lowest BCUT2D eigenvalue weighted by molar-refractivity contribution is -0.384. The highest BCUT2D eigenvalue weighted by Gasteiger charge is 2.40. The van der Waals surface area contributed by atoms with Crippen LogP contribution in [0.15, 0.2) is 206 Å². The number of allylic oxidation sites excluding steroid dienone is 2. The summed E-state index contributed by atoms with van der Waals surface area (Å²) >= 11 is 0. The lowest BCUT2D eigenvalue weighted by atomic mass is 10.1. The maximum absolute atomic E-state index is 12.5. The van der Waals surface area contributed by atoms with Crippen LogP contribution in [0.1, 0.15) is 47.2 Å². The van der Waals surface area contributed by atoms with Crippen molar-refractivity contribution in [2.45, 2.75) is 63.7 Å². The van der Waals surface area contributed by atoms with E-state index < -0.39 is 35.2 Å². The van der Waals surface area contributed by atoms with Gasteiger partial charge in [0.2, 0.25) is 0 Å². The minimum Gasteiger partial charge on any atom is -0.497 e. The van der Waals surface area contributed by atoms with Gasteiger partial charge < -0.3 is 23.7 Å². The fraction of sp³-hybridized carbons (Fsp3) is 0.224. The Labute approximate surface area is 503 Å². The fourth-order valence-electron chi connectivity index (χ4n) is 9.43. The van der Waals surface area contributed by atoms with Gasteiger partial charge in [-0.15, -0.1) is 0 Å². The molecular weight excluding hydrogens is 1110 g/mol. The van der Waals surface area contributed by atoms with Crippen molar-refractivity contribution >= 4 is 65.8 Å². The summed E-state index contributed by atoms with van der Waals surface area (Å²) in [6.07, 6.45) is 11.8. The van der Waals surface area contributed by atoms with Crippen molar-refractivity contribution in [1.82, 2.24) is 19.6 Å². The van der Waals surface area contributed by atoms with Crippen molar-refractivity contribution in [3.05, 3.63) is 250 Å². The maximum atomic E-state index is 12.5. The second kappa shape index (κ2) is 32.3. The van der Waals surface area contributed by atoms with Crippen molar-refractivity contribution in [2.24, 2.45) is 0 Å². The Kier molecular flexibility index (Phi) is 23.7. The Hall–Kier alpha value is -10.8. The Morgan fingerprint density at radius 3 is 0.954 bits per heavy atom. The number of methoxy groups -OCH3 is 1. The number of nitro benzene ring substituents is 1. The quantitative estimate of drug-likeness (QED) is 0.0379. The number of imide groups is 4. The van der Waals surface area contributed by atoms with E-state index in [2.05, 4.69) is 0 Å². The number of carbonyl (C=O) groups is 8. The van der Waals surface area contributed by atoms with Gasteiger partial charge in [-0.1, -0.05) is 146 Å². The third kappa shape index (κ3) is 18.6. The molecule has 4 heterocycles. The summed E-state index contributed by atoms with van der Waals surface area (Å²) in [5, 5.41) is 10.6. The molecule has 6 aromatic carbocycles. The van der Waals surface area contributed by atoms with Gasteiger partial charge in [0.1, 0.15) is 32.2 Å². The number of cyclic esters (lactones) is 4. The molecule has 20 nitrogen and oxygen atoms in total. The predicted octanol–water partition coefficient (Wildman–Crippen LogP) is 10.8. The number of carbonyl (C=O) groups excluding carboxylic acids is 8. The molecule has 87 heavy (non-hydrogen) atoms. The number of ether oxygens (including phenoxy) is 5. The standard InChI is InChI=1S/C20H19NO4.C19H16N2O5.2C14H15NO3/c1-24-18-10-7-15(8-11-18)9-12-19(22)21-17(14-25-20(21)23)13-16-5-3-2-4-6-16;22-18(11-8-14-6-9-16(10-7-14)21(24)25)20-17(13-26-19(20)23)12-15-4-2-1-3-5-15;2*1-2-6-13(16)15-12(10-18-14(15)17)9-11-7-4-3-5-8-11/h2-12,17H,13-14H2,1H3;1-11,17H,12-13H2;2*2-8,12H,9-10H2,1H3/b12-9+;11-8+;6-2+;6-2-/t2*17-;2*12-/m0000/s1. The summed E-state index contributed by atoms with van der Waals surface area (Å²) in [4.78, 5) is 110. The summed E-state index contributed by atoms with van der Waals surface area (Å²) in [7, 11) is 1.60. The highest BCUT2D eigenvalue weighted by Crippen LogP contribution is 2.23. The van der Waals surface area contributed by atoms with E-state index >= 15 is 0 Å². The number of nitro groups is 1. The van der Waals surface area contributed by atoms with E-state index in [1.807, 2.05) is 146 Å². The summed E-state index contributed by atoms with van der Waals surface area (Å²) in [6, 6.07) is 50.8. The van der Waals surface area contributed by atoms with Crippen LogP contribution in [0.3, 0.4) is 0 Å². The molecule has 0 unspecified atom stereocenters. The van der Waals surface area contributed by atoms with E-state index in [9.17, 15) is 48.5 Å². The van der Waals surface area contributed by atoms with Gasteiger partial charge >= 0.3 is 24.4 Å². The summed E-state index contributed by atoms with van der Waals surface area (Å²) in [6.45, 7) is 4.38. The fourth-order valence-corrected chi connectivity index (χ4v) is 9.43. The van der Waals surface area contributed by atoms with Crippen molar-refractivity contribution < 1.29 is 67.0 Å². The number of rotatable bonds is 16. The number of amides is 8. The van der Waals surface area contributed by atoms with Crippen LogP contribution in [-0.2, 0) is 63.8 Å². The van der Waals surface area contributed by atoms with E-state index in [1.165, 1.54) is 69.3 Å². The van der Waals surface area contributed by atoms with Gasteiger partial charge in [0.15, 0.2) is 0 Å². The summed E-state index contributed by atoms with van der Waals surface area (Å²) in [5.74, 6) is -0.748. The lowest BCUT2D eigenvalue weighted by Crippen LogP contribution is -2.39. The normalized spacial score (nSPS) is 17.8. The van der Waals surface area contributed by atoms with Crippen LogP contribution in [0, 0.1) is 10.1 Å². The van der Waals surface area contributed by atoms with Crippen LogP contribution >= 0.6 is 0 Å². The van der Waals surface area contributed by atoms with E-state index in [-0.39, 0.29) is 74.0 Å². The SMILES string of the molecule is C/C=C/C(=O)N1C(=O)OC[C@@H]1Cc1ccccc1.C/C=C\C(=O)N1C(=O)OC[C@@H]1Cc1ccccc1.COc1ccc(/C=C/C(=O)N2C(=O)OC[C@@H]2Cc2ccccc2)cc1.O=C(/C=C/c1ccc([N+](=O)[O-])cc1)N1C(=O)OC[C@@H]1Cc1ccccc1. The number of benzene rings is 6. The molecule has 0 spiro atoms. The molecule has 0 radical (unpaired) electrons. The van der Waals surface area contributed by atoms with Crippen LogP contribution in [0.25, 0.3) is 12.2 Å². The van der Waals surface area contributed by atoms with Gasteiger partial charge in [-0.05, 0) is 121 Å². The largest absolute Gasteiger partial charge is 0.497 e. The highest BCUT2D eigenvalue weighted by atomic mass is 16.6. The molecule has 8 amide bonds. The second-order valence-corrected chi connectivity index (χ2v) is 19.8. The molecule has 0 aliphatic carbocycles. The minimum atomic E-state index is -0.663. The zero-order valence-corrected chi connectivity index (χ0v) is 48.1. The lowest BCUT2D eigenvalue weighted by Gasteiger charge is -2.18. The maximum Gasteiger partial charge on any atom is 0.417 e. The van der Waals surface area contributed by atoms with Crippen molar-refractivity contribution in [1.29, 1.82) is 0 Å². The number of hydrogen-bond donors (Lipinski definition) is 0. The first-order chi connectivity index (χ1) is 42.1. The van der Waals surface area contributed by atoms with Gasteiger partial charge in [0.25, 0.3) is 29.3 Å². The first-order valence-corrected chi connectivity index (χ1v) is 27.8. The number of non-ortho nitro benzene ring substituents is 1. The second-order valence-electron chi connectivity index (χ2n) is 19.8. The first kappa shape index (κ1) is 63.8. The molecule has 0 saturated carbocycles. The van der Waals surface area contributed by atoms with E-state index in [1.54, 1.807) is 39.2 Å². The predicted molar refractivity (Wildman–Crippen MR) is 322 cm³/mol. The average Bonchev–Trinajstić information content (AvgIpc) is 3.15. The molecule has 0 bridgehead atoms. The molecule has 6 aromatic rings. The van der Waals surface area contributed by atoms with Crippen LogP contribution in [0.2, 0.25) is 0 Å². The smallest absolute Gasteiger partial charge is 0.417 e. The zero-order chi connectivity index (χ0) is 62.1. The molecule has 4 aliphatic rings. The Bertz CT molecular complexity index is 3360. The average molecular weight is 1180 g/mol. The monoisotopic (exact) mass is 1180 g/mol. The molecule has 4 aliphatic heterocycles. The molecule has 4 atom stereocenters. The minimum absolute atomic E-state index is 0.0282. The van der Waals surface area contributed by atoms with E-state index in [4.69, 9.17) is 23.7 Å². The third-order valence-electron chi connectivity index (χ3n) is 13.7. The molecule has 4 fully saturated rings. The van der Waals surface area contributed by atoms with Crippen LogP contribution < -0.4 is 4.74 Å². The van der Waals surface area contributed by atoms with Crippen molar-refractivity contribution in [3.8, 4) is 5.75 Å². The Morgan fingerprint density at radius 2 is 0.701 bits per heavy atom. The number of hydrogen-bond acceptors (Lipinski definition) is 15. The highest BCUT2D eigenvalue weighted by molar-refractivity contribution is 6.03. The first-order valence-electron chi connectivity index (χ1n) is 27.8. The number of nitrogens with zero attached hydrogens (tertiary/aromatic N) is 5. The van der Waals surface area contributed by atoms with Gasteiger partial charge in [-0.3, -0.25) is 29.3 Å². The van der Waals surface area contributed by atoms with Crippen molar-refractivity contribution in [3.63, 3.8) is 0 Å². The third-order valence-corrected chi connectivity index (χ3v) is 13.7. The van der Waals surface area contributed by atoms with Crippen LogP contribution in [0.4, 0.5) is 24.9 Å². The zero-order valence-electron chi connectivity index (χ0n) is 48.1.